The summed E-state index contributed by atoms with van der Waals surface area (Å²) in [6, 6.07) is 3.29. The fourth-order valence-electron chi connectivity index (χ4n) is 1.06. The van der Waals surface area contributed by atoms with Gasteiger partial charge in [-0.3, -0.25) is 10.2 Å². The highest BCUT2D eigenvalue weighted by molar-refractivity contribution is 5.94. The van der Waals surface area contributed by atoms with Crippen LogP contribution in [-0.4, -0.2) is 18.6 Å². The second-order valence-corrected chi connectivity index (χ2v) is 3.47. The Kier molecular flexibility index (Phi) is 4.93. The maximum atomic E-state index is 11.5. The van der Waals surface area contributed by atoms with Crippen molar-refractivity contribution in [3.8, 4) is 0 Å². The fourth-order valence-corrected chi connectivity index (χ4v) is 1.06. The highest BCUT2D eigenvalue weighted by Gasteiger charge is 2.08. The Morgan fingerprint density at radius 2 is 1.94 bits per heavy atom. The van der Waals surface area contributed by atoms with Gasteiger partial charge in [0.15, 0.2) is 12.4 Å². The molecule has 2 N–H and O–H groups in total. The zero-order valence-electron chi connectivity index (χ0n) is 9.90. The van der Waals surface area contributed by atoms with Gasteiger partial charge in [0.05, 0.1) is 12.2 Å². The minimum absolute atomic E-state index is 0.322. The summed E-state index contributed by atoms with van der Waals surface area (Å²) >= 11 is 0. The van der Waals surface area contributed by atoms with E-state index in [0.717, 1.165) is 6.42 Å². The highest BCUT2D eigenvalue weighted by atomic mass is 16.6. The Morgan fingerprint density at radius 1 is 1.29 bits per heavy atom. The van der Waals surface area contributed by atoms with Crippen molar-refractivity contribution in [1.82, 2.24) is 10.9 Å². The van der Waals surface area contributed by atoms with E-state index >= 15 is 0 Å². The molecule has 0 aromatic carbocycles. The third-order valence-corrected chi connectivity index (χ3v) is 1.96. The van der Waals surface area contributed by atoms with Gasteiger partial charge in [0.1, 0.15) is 7.05 Å². The number of nitrogens with one attached hydrogen (secondary N) is 2. The molecule has 0 atom stereocenters. The SMILES string of the molecule is CCCOC(=O)NNC(=O)c1cc[n+](C)cc1. The highest BCUT2D eigenvalue weighted by Crippen LogP contribution is 1.93. The first-order valence-corrected chi connectivity index (χ1v) is 5.32. The standard InChI is InChI=1S/C11H15N3O3/c1-3-8-17-11(16)13-12-10(15)9-4-6-14(2)7-5-9/h4-7,15H,3,8H2,1-2H3/p+1. The smallest absolute Gasteiger partial charge is 0.426 e. The number of ether oxygens (including phenoxy) is 1. The fraction of sp³-hybridized carbons (Fsp3) is 0.364. The van der Waals surface area contributed by atoms with E-state index in [2.05, 4.69) is 10.9 Å². The van der Waals surface area contributed by atoms with Gasteiger partial charge in [0.2, 0.25) is 0 Å². The average molecular weight is 238 g/mol. The Morgan fingerprint density at radius 3 is 2.53 bits per heavy atom. The van der Waals surface area contributed by atoms with Crippen LogP contribution < -0.4 is 15.4 Å². The van der Waals surface area contributed by atoms with Gasteiger partial charge in [0.25, 0.3) is 5.91 Å². The molecule has 1 aromatic rings. The molecule has 0 unspecified atom stereocenters. The summed E-state index contributed by atoms with van der Waals surface area (Å²) < 4.78 is 6.53. The van der Waals surface area contributed by atoms with Crippen LogP contribution in [0.3, 0.4) is 0 Å². The molecule has 1 heterocycles. The summed E-state index contributed by atoms with van der Waals surface area (Å²) in [6.45, 7) is 2.21. The van der Waals surface area contributed by atoms with Crippen molar-refractivity contribution in [3.63, 3.8) is 0 Å². The zero-order chi connectivity index (χ0) is 12.7. The average Bonchev–Trinajstić information content (AvgIpc) is 2.34. The maximum absolute atomic E-state index is 11.5. The molecule has 6 heteroatoms. The molecule has 2 amide bonds. The quantitative estimate of drug-likeness (QED) is 0.587. The van der Waals surface area contributed by atoms with Crippen LogP contribution in [0.15, 0.2) is 24.5 Å². The van der Waals surface area contributed by atoms with E-state index in [9.17, 15) is 9.59 Å². The summed E-state index contributed by atoms with van der Waals surface area (Å²) in [5, 5.41) is 0. The van der Waals surface area contributed by atoms with Crippen LogP contribution >= 0.6 is 0 Å². The van der Waals surface area contributed by atoms with Crippen LogP contribution in [0.25, 0.3) is 0 Å². The van der Waals surface area contributed by atoms with Gasteiger partial charge in [-0.2, -0.15) is 0 Å². The predicted molar refractivity (Wildman–Crippen MR) is 59.9 cm³/mol. The van der Waals surface area contributed by atoms with Crippen molar-refractivity contribution >= 4 is 12.0 Å². The number of hydrogen-bond donors (Lipinski definition) is 2. The van der Waals surface area contributed by atoms with E-state index in [4.69, 9.17) is 4.74 Å². The summed E-state index contributed by atoms with van der Waals surface area (Å²) in [4.78, 5) is 22.6. The Labute approximate surface area is 99.6 Å². The first-order chi connectivity index (χ1) is 8.13. The number of nitrogens with zero attached hydrogens (tertiary/aromatic N) is 1. The van der Waals surface area contributed by atoms with Crippen molar-refractivity contribution in [3.05, 3.63) is 30.1 Å². The number of carbonyl (C=O) groups excluding carboxylic acids is 2. The Hall–Kier alpha value is -2.11. The van der Waals surface area contributed by atoms with Crippen molar-refractivity contribution in [2.24, 2.45) is 7.05 Å². The Balaban J connectivity index is 2.39. The summed E-state index contributed by atoms with van der Waals surface area (Å²) in [6.07, 6.45) is 3.55. The lowest BCUT2D eigenvalue weighted by Crippen LogP contribution is -2.42. The number of pyridine rings is 1. The molecule has 1 aromatic heterocycles. The van der Waals surface area contributed by atoms with Crippen LogP contribution in [0, 0.1) is 0 Å². The lowest BCUT2D eigenvalue weighted by molar-refractivity contribution is -0.671. The van der Waals surface area contributed by atoms with Crippen LogP contribution in [0.4, 0.5) is 4.79 Å². The van der Waals surface area contributed by atoms with Crippen molar-refractivity contribution in [2.45, 2.75) is 13.3 Å². The molecule has 0 bridgehead atoms. The van der Waals surface area contributed by atoms with Gasteiger partial charge < -0.3 is 4.74 Å². The molecule has 92 valence electrons. The van der Waals surface area contributed by atoms with E-state index in [0.29, 0.717) is 12.2 Å². The predicted octanol–water partition coefficient (Wildman–Crippen LogP) is 0.292. The van der Waals surface area contributed by atoms with E-state index < -0.39 is 6.09 Å². The first-order valence-electron chi connectivity index (χ1n) is 5.32. The van der Waals surface area contributed by atoms with Crippen molar-refractivity contribution < 1.29 is 18.9 Å². The van der Waals surface area contributed by atoms with E-state index in [1.165, 1.54) is 0 Å². The van der Waals surface area contributed by atoms with Gasteiger partial charge in [-0.25, -0.2) is 14.8 Å². The van der Waals surface area contributed by atoms with Gasteiger partial charge >= 0.3 is 6.09 Å². The monoisotopic (exact) mass is 238 g/mol. The molecular formula is C11H16N3O3+. The Bertz CT molecular complexity index is 389. The molecule has 0 spiro atoms. The number of amides is 2. The molecule has 1 rings (SSSR count). The normalized spacial score (nSPS) is 9.53. The molecule has 0 aliphatic heterocycles. The molecular weight excluding hydrogens is 222 g/mol. The molecule has 6 nitrogen and oxygen atoms in total. The van der Waals surface area contributed by atoms with E-state index in [1.807, 2.05) is 14.0 Å². The first kappa shape index (κ1) is 13.0. The van der Waals surface area contributed by atoms with Gasteiger partial charge in [-0.1, -0.05) is 6.92 Å². The number of hydrazine groups is 1. The molecule has 0 aliphatic rings. The largest absolute Gasteiger partial charge is 0.448 e. The molecule has 0 radical (unpaired) electrons. The number of aryl methyl sites for hydroxylation is 1. The zero-order valence-corrected chi connectivity index (χ0v) is 9.90. The van der Waals surface area contributed by atoms with Crippen molar-refractivity contribution in [1.29, 1.82) is 0 Å². The third-order valence-electron chi connectivity index (χ3n) is 1.96. The van der Waals surface area contributed by atoms with Crippen LogP contribution in [0.2, 0.25) is 0 Å². The minimum Gasteiger partial charge on any atom is -0.448 e. The number of carbonyl (C=O) groups is 2. The summed E-state index contributed by atoms with van der Waals surface area (Å²) in [7, 11) is 1.85. The summed E-state index contributed by atoms with van der Waals surface area (Å²) in [5.74, 6) is -0.390. The number of hydrogen-bond acceptors (Lipinski definition) is 3. The molecule has 0 saturated carbocycles. The molecule has 17 heavy (non-hydrogen) atoms. The van der Waals surface area contributed by atoms with Gasteiger partial charge in [-0.15, -0.1) is 0 Å². The van der Waals surface area contributed by atoms with E-state index in [1.54, 1.807) is 29.1 Å². The lowest BCUT2D eigenvalue weighted by atomic mass is 10.2. The summed E-state index contributed by atoms with van der Waals surface area (Å²) in [5.41, 5.74) is 4.87. The van der Waals surface area contributed by atoms with Gasteiger partial charge in [0, 0.05) is 12.1 Å². The van der Waals surface area contributed by atoms with Crippen molar-refractivity contribution in [2.75, 3.05) is 6.61 Å². The molecule has 0 fully saturated rings. The molecule has 0 saturated heterocycles. The van der Waals surface area contributed by atoms with Crippen LogP contribution in [0.1, 0.15) is 23.7 Å². The second-order valence-electron chi connectivity index (χ2n) is 3.47. The number of aromatic nitrogens is 1. The topological polar surface area (TPSA) is 71.3 Å². The lowest BCUT2D eigenvalue weighted by Gasteiger charge is -2.07. The molecule has 0 aliphatic carbocycles. The number of rotatable bonds is 3. The maximum Gasteiger partial charge on any atom is 0.426 e. The minimum atomic E-state index is -0.665. The second kappa shape index (κ2) is 6.47. The van der Waals surface area contributed by atoms with Crippen LogP contribution in [0.5, 0.6) is 0 Å². The van der Waals surface area contributed by atoms with Crippen LogP contribution in [-0.2, 0) is 11.8 Å². The van der Waals surface area contributed by atoms with E-state index in [-0.39, 0.29) is 5.91 Å². The van der Waals surface area contributed by atoms with Gasteiger partial charge in [-0.05, 0) is 6.42 Å². The third kappa shape index (κ3) is 4.50.